The monoisotopic (exact) mass is 286 g/mol. The number of benzene rings is 2. The van der Waals surface area contributed by atoms with E-state index in [1.54, 1.807) is 12.1 Å². The molecule has 3 heteroatoms. The molecule has 0 heterocycles. The minimum absolute atomic E-state index is 0.0636. The molecule has 2 aromatic carbocycles. The average Bonchev–Trinajstić information content (AvgIpc) is 2.52. The van der Waals surface area contributed by atoms with E-state index in [0.29, 0.717) is 11.7 Å². The molecule has 0 amide bonds. The van der Waals surface area contributed by atoms with Crippen molar-refractivity contribution in [3.05, 3.63) is 65.5 Å². The maximum absolute atomic E-state index is 13.5. The number of rotatable bonds is 6. The van der Waals surface area contributed by atoms with E-state index in [2.05, 4.69) is 13.8 Å². The summed E-state index contributed by atoms with van der Waals surface area (Å²) in [5.41, 5.74) is 1.30. The van der Waals surface area contributed by atoms with E-state index < -0.39 is 5.82 Å². The zero-order valence-electron chi connectivity index (χ0n) is 12.3. The molecular weight excluding hydrogens is 267 g/mol. The number of halogens is 1. The highest BCUT2D eigenvalue weighted by Crippen LogP contribution is 2.21. The lowest BCUT2D eigenvalue weighted by Crippen LogP contribution is -2.13. The van der Waals surface area contributed by atoms with Crippen molar-refractivity contribution < 1.29 is 13.9 Å². The second-order valence-electron chi connectivity index (χ2n) is 5.07. The van der Waals surface area contributed by atoms with Gasteiger partial charge in [0.25, 0.3) is 0 Å². The number of carbonyl (C=O) groups is 1. The summed E-state index contributed by atoms with van der Waals surface area (Å²) < 4.78 is 18.9. The maximum atomic E-state index is 13.5. The normalized spacial score (nSPS) is 12.0. The van der Waals surface area contributed by atoms with Gasteiger partial charge in [-0.2, -0.15) is 0 Å². The number of ether oxygens (including phenoxy) is 1. The Morgan fingerprint density at radius 1 is 1.14 bits per heavy atom. The van der Waals surface area contributed by atoms with Crippen LogP contribution in [-0.2, 0) is 0 Å². The molecule has 0 N–H and O–H groups in total. The summed E-state index contributed by atoms with van der Waals surface area (Å²) in [7, 11) is 0. The fourth-order valence-corrected chi connectivity index (χ4v) is 2.04. The molecule has 1 atom stereocenters. The van der Waals surface area contributed by atoms with Crippen LogP contribution < -0.4 is 4.74 Å². The van der Waals surface area contributed by atoms with Crippen LogP contribution in [0, 0.1) is 5.82 Å². The van der Waals surface area contributed by atoms with Crippen LogP contribution in [0.3, 0.4) is 0 Å². The summed E-state index contributed by atoms with van der Waals surface area (Å²) >= 11 is 0. The van der Waals surface area contributed by atoms with Crippen LogP contribution in [0.1, 0.15) is 42.1 Å². The van der Waals surface area contributed by atoms with Gasteiger partial charge in [-0.15, -0.1) is 0 Å². The van der Waals surface area contributed by atoms with Crippen LogP contribution in [0.5, 0.6) is 5.75 Å². The molecule has 0 bridgehead atoms. The number of carbonyl (C=O) groups excluding carboxylic acids is 1. The molecule has 0 aliphatic rings. The fraction of sp³-hybridized carbons (Fsp3) is 0.278. The number of hydrogen-bond donors (Lipinski definition) is 0. The zero-order valence-corrected chi connectivity index (χ0v) is 12.3. The van der Waals surface area contributed by atoms with Crippen molar-refractivity contribution in [3.8, 4) is 5.75 Å². The van der Waals surface area contributed by atoms with E-state index in [9.17, 15) is 9.18 Å². The SMILES string of the molecule is CCC(C)c1ccc(OCC(=O)c2ccccc2F)cc1. The van der Waals surface area contributed by atoms with Crippen LogP contribution in [0.15, 0.2) is 48.5 Å². The smallest absolute Gasteiger partial charge is 0.203 e. The van der Waals surface area contributed by atoms with Gasteiger partial charge in [0.1, 0.15) is 11.6 Å². The molecule has 0 aliphatic heterocycles. The summed E-state index contributed by atoms with van der Waals surface area (Å²) in [5, 5.41) is 0. The van der Waals surface area contributed by atoms with Gasteiger partial charge >= 0.3 is 0 Å². The van der Waals surface area contributed by atoms with Crippen molar-refractivity contribution in [2.75, 3.05) is 6.61 Å². The summed E-state index contributed by atoms with van der Waals surface area (Å²) in [6, 6.07) is 13.6. The van der Waals surface area contributed by atoms with Gasteiger partial charge in [-0.1, -0.05) is 38.1 Å². The largest absolute Gasteiger partial charge is 0.485 e. The van der Waals surface area contributed by atoms with Crippen molar-refractivity contribution in [1.82, 2.24) is 0 Å². The molecule has 0 saturated carbocycles. The molecule has 21 heavy (non-hydrogen) atoms. The average molecular weight is 286 g/mol. The zero-order chi connectivity index (χ0) is 15.2. The van der Waals surface area contributed by atoms with E-state index in [0.717, 1.165) is 6.42 Å². The molecule has 0 fully saturated rings. The third-order valence-electron chi connectivity index (χ3n) is 3.61. The minimum Gasteiger partial charge on any atom is -0.485 e. The van der Waals surface area contributed by atoms with Crippen LogP contribution in [0.25, 0.3) is 0 Å². The summed E-state index contributed by atoms with van der Waals surface area (Å²) in [6.07, 6.45) is 1.08. The molecule has 0 spiro atoms. The molecule has 110 valence electrons. The lowest BCUT2D eigenvalue weighted by atomic mass is 9.99. The van der Waals surface area contributed by atoms with Gasteiger partial charge in [-0.05, 0) is 42.2 Å². The van der Waals surface area contributed by atoms with E-state index >= 15 is 0 Å². The van der Waals surface area contributed by atoms with Gasteiger partial charge in [0.2, 0.25) is 5.78 Å². The third kappa shape index (κ3) is 3.91. The summed E-state index contributed by atoms with van der Waals surface area (Å²) in [6.45, 7) is 4.14. The van der Waals surface area contributed by atoms with Crippen molar-refractivity contribution in [1.29, 1.82) is 0 Å². The van der Waals surface area contributed by atoms with Crippen LogP contribution in [0.4, 0.5) is 4.39 Å². The molecule has 0 aromatic heterocycles. The first-order chi connectivity index (χ1) is 10.1. The Labute approximate surface area is 124 Å². The Bertz CT molecular complexity index is 605. The van der Waals surface area contributed by atoms with Crippen molar-refractivity contribution in [3.63, 3.8) is 0 Å². The fourth-order valence-electron chi connectivity index (χ4n) is 2.04. The Kier molecular flexibility index (Phi) is 5.09. The molecule has 1 unspecified atom stereocenters. The summed E-state index contributed by atoms with van der Waals surface area (Å²) in [5.74, 6) is 0.239. The highest BCUT2D eigenvalue weighted by Gasteiger charge is 2.11. The van der Waals surface area contributed by atoms with Gasteiger partial charge in [0.15, 0.2) is 6.61 Å². The quantitative estimate of drug-likeness (QED) is 0.725. The van der Waals surface area contributed by atoms with Crippen molar-refractivity contribution >= 4 is 5.78 Å². The number of ketones is 1. The Morgan fingerprint density at radius 2 is 1.81 bits per heavy atom. The Hall–Kier alpha value is -2.16. The lowest BCUT2D eigenvalue weighted by Gasteiger charge is -2.10. The highest BCUT2D eigenvalue weighted by molar-refractivity contribution is 5.97. The van der Waals surface area contributed by atoms with E-state index in [1.807, 2.05) is 24.3 Å². The molecule has 2 aromatic rings. The first kappa shape index (κ1) is 15.2. The van der Waals surface area contributed by atoms with Gasteiger partial charge in [0.05, 0.1) is 5.56 Å². The first-order valence-electron chi connectivity index (χ1n) is 7.12. The molecule has 2 nitrogen and oxygen atoms in total. The Morgan fingerprint density at radius 3 is 2.43 bits per heavy atom. The topological polar surface area (TPSA) is 26.3 Å². The Balaban J connectivity index is 1.97. The molecule has 0 saturated heterocycles. The van der Waals surface area contributed by atoms with Gasteiger partial charge in [-0.25, -0.2) is 4.39 Å². The molecule has 0 radical (unpaired) electrons. The van der Waals surface area contributed by atoms with Crippen LogP contribution in [0.2, 0.25) is 0 Å². The second-order valence-corrected chi connectivity index (χ2v) is 5.07. The first-order valence-corrected chi connectivity index (χ1v) is 7.12. The number of Topliss-reactive ketones (excluding diaryl/α,β-unsaturated/α-hetero) is 1. The standard InChI is InChI=1S/C18H19FO2/c1-3-13(2)14-8-10-15(11-9-14)21-12-18(20)16-6-4-5-7-17(16)19/h4-11,13H,3,12H2,1-2H3. The third-order valence-corrected chi connectivity index (χ3v) is 3.61. The van der Waals surface area contributed by atoms with Gasteiger partial charge in [0, 0.05) is 0 Å². The molecule has 0 aliphatic carbocycles. The van der Waals surface area contributed by atoms with E-state index in [-0.39, 0.29) is 18.0 Å². The molecule has 2 rings (SSSR count). The second kappa shape index (κ2) is 7.02. The van der Waals surface area contributed by atoms with Crippen LogP contribution >= 0.6 is 0 Å². The maximum Gasteiger partial charge on any atom is 0.203 e. The highest BCUT2D eigenvalue weighted by atomic mass is 19.1. The minimum atomic E-state index is -0.516. The molecular formula is C18H19FO2. The lowest BCUT2D eigenvalue weighted by molar-refractivity contribution is 0.0917. The van der Waals surface area contributed by atoms with Crippen molar-refractivity contribution in [2.45, 2.75) is 26.2 Å². The predicted molar refractivity (Wildman–Crippen MR) is 81.4 cm³/mol. The van der Waals surface area contributed by atoms with Gasteiger partial charge in [-0.3, -0.25) is 4.79 Å². The predicted octanol–water partition coefficient (Wildman–Crippen LogP) is 4.60. The van der Waals surface area contributed by atoms with Crippen molar-refractivity contribution in [2.24, 2.45) is 0 Å². The summed E-state index contributed by atoms with van der Waals surface area (Å²) in [4.78, 5) is 11.9. The van der Waals surface area contributed by atoms with Crippen LogP contribution in [-0.4, -0.2) is 12.4 Å². The van der Waals surface area contributed by atoms with E-state index in [1.165, 1.54) is 17.7 Å². The number of hydrogen-bond acceptors (Lipinski definition) is 2. The van der Waals surface area contributed by atoms with E-state index in [4.69, 9.17) is 4.74 Å². The van der Waals surface area contributed by atoms with Gasteiger partial charge < -0.3 is 4.74 Å².